The van der Waals surface area contributed by atoms with Crippen molar-refractivity contribution < 1.29 is 9.21 Å². The van der Waals surface area contributed by atoms with Crippen LogP contribution < -0.4 is 10.2 Å². The summed E-state index contributed by atoms with van der Waals surface area (Å²) in [5, 5.41) is 11.4. The molecule has 6 nitrogen and oxygen atoms in total. The van der Waals surface area contributed by atoms with Crippen molar-refractivity contribution in [3.63, 3.8) is 0 Å². The van der Waals surface area contributed by atoms with E-state index in [9.17, 15) is 4.79 Å². The molecule has 0 atom stereocenters. The van der Waals surface area contributed by atoms with E-state index in [1.165, 1.54) is 4.90 Å². The molecular formula is C22H24N4O2S. The lowest BCUT2D eigenvalue weighted by Crippen LogP contribution is -2.40. The van der Waals surface area contributed by atoms with Crippen LogP contribution in [0.3, 0.4) is 0 Å². The number of anilines is 1. The molecule has 2 heterocycles. The zero-order valence-corrected chi connectivity index (χ0v) is 17.2. The number of nitrogens with zero attached hydrogens (tertiary/aromatic N) is 3. The molecule has 0 radical (unpaired) electrons. The Kier molecular flexibility index (Phi) is 6.14. The van der Waals surface area contributed by atoms with Gasteiger partial charge in [0.15, 0.2) is 0 Å². The molecule has 0 unspecified atom stereocenters. The van der Waals surface area contributed by atoms with Crippen LogP contribution >= 0.6 is 11.8 Å². The summed E-state index contributed by atoms with van der Waals surface area (Å²) in [5.41, 5.74) is 2.03. The Balaban J connectivity index is 1.27. The molecule has 1 aliphatic heterocycles. The van der Waals surface area contributed by atoms with E-state index < -0.39 is 0 Å². The molecule has 0 aliphatic carbocycles. The molecule has 0 spiro atoms. The van der Waals surface area contributed by atoms with E-state index >= 15 is 0 Å². The predicted octanol–water partition coefficient (Wildman–Crippen LogP) is 3.99. The number of hydrogen-bond donors (Lipinski definition) is 1. The first-order valence-electron chi connectivity index (χ1n) is 9.77. The Labute approximate surface area is 174 Å². The Morgan fingerprint density at radius 1 is 1.10 bits per heavy atom. The van der Waals surface area contributed by atoms with Crippen molar-refractivity contribution in [1.82, 2.24) is 15.5 Å². The average Bonchev–Trinajstić information content (AvgIpc) is 3.29. The highest BCUT2D eigenvalue weighted by Gasteiger charge is 2.27. The van der Waals surface area contributed by atoms with Gasteiger partial charge in [-0.25, -0.2) is 0 Å². The third-order valence-corrected chi connectivity index (χ3v) is 5.94. The largest absolute Gasteiger partial charge is 0.403 e. The van der Waals surface area contributed by atoms with Crippen LogP contribution in [0.2, 0.25) is 0 Å². The highest BCUT2D eigenvalue weighted by molar-refractivity contribution is 7.98. The van der Waals surface area contributed by atoms with E-state index in [0.29, 0.717) is 18.5 Å². The maximum atomic E-state index is 12.5. The first kappa shape index (κ1) is 19.5. The lowest BCUT2D eigenvalue weighted by Gasteiger charge is -2.29. The molecule has 0 saturated carbocycles. The van der Waals surface area contributed by atoms with Crippen molar-refractivity contribution in [1.29, 1.82) is 0 Å². The fourth-order valence-electron chi connectivity index (χ4n) is 3.45. The molecule has 3 aromatic rings. The summed E-state index contributed by atoms with van der Waals surface area (Å²) in [7, 11) is 0. The number of aromatic nitrogens is 2. The van der Waals surface area contributed by atoms with Crippen LogP contribution in [0.4, 0.5) is 6.01 Å². The van der Waals surface area contributed by atoms with Gasteiger partial charge in [0.2, 0.25) is 11.8 Å². The molecule has 4 rings (SSSR count). The van der Waals surface area contributed by atoms with Gasteiger partial charge < -0.3 is 14.6 Å². The number of carbonyl (C=O) groups excluding carboxylic acids is 1. The number of amides is 1. The maximum absolute atomic E-state index is 12.5. The van der Waals surface area contributed by atoms with E-state index in [1.54, 1.807) is 11.8 Å². The smallest absolute Gasteiger partial charge is 0.318 e. The van der Waals surface area contributed by atoms with Crippen LogP contribution in [0.1, 0.15) is 18.4 Å². The van der Waals surface area contributed by atoms with Gasteiger partial charge in [0.05, 0.1) is 0 Å². The zero-order chi connectivity index (χ0) is 20.1. The predicted molar refractivity (Wildman–Crippen MR) is 115 cm³/mol. The van der Waals surface area contributed by atoms with Gasteiger partial charge in [0.25, 0.3) is 0 Å². The lowest BCUT2D eigenvalue weighted by atomic mass is 9.96. The van der Waals surface area contributed by atoms with Crippen LogP contribution in [-0.4, -0.2) is 35.4 Å². The minimum absolute atomic E-state index is 0.0215. The molecule has 1 amide bonds. The van der Waals surface area contributed by atoms with Crippen molar-refractivity contribution >= 4 is 23.7 Å². The fraction of sp³-hybridized carbons (Fsp3) is 0.318. The summed E-state index contributed by atoms with van der Waals surface area (Å²) < 4.78 is 5.83. The van der Waals surface area contributed by atoms with Crippen LogP contribution in [0.5, 0.6) is 0 Å². The molecule has 1 aromatic heterocycles. The number of carbonyl (C=O) groups is 1. The summed E-state index contributed by atoms with van der Waals surface area (Å²) in [6, 6.07) is 18.6. The second-order valence-electron chi connectivity index (χ2n) is 7.08. The summed E-state index contributed by atoms with van der Waals surface area (Å²) in [5.74, 6) is 0.662. The number of rotatable bonds is 6. The first-order valence-corrected chi connectivity index (χ1v) is 11.0. The van der Waals surface area contributed by atoms with Crippen molar-refractivity contribution in [2.75, 3.05) is 24.2 Å². The zero-order valence-electron chi connectivity index (χ0n) is 16.4. The Hall–Kier alpha value is -2.80. The Morgan fingerprint density at radius 3 is 2.52 bits per heavy atom. The van der Waals surface area contributed by atoms with Crippen molar-refractivity contribution in [2.45, 2.75) is 24.3 Å². The quantitative estimate of drug-likeness (QED) is 0.622. The third kappa shape index (κ3) is 4.79. The number of benzene rings is 2. The van der Waals surface area contributed by atoms with Gasteiger partial charge in [0.1, 0.15) is 0 Å². The van der Waals surface area contributed by atoms with Gasteiger partial charge in [0, 0.05) is 36.0 Å². The molecule has 1 N–H and O–H groups in total. The van der Waals surface area contributed by atoms with E-state index in [0.717, 1.165) is 37.1 Å². The number of piperidine rings is 1. The van der Waals surface area contributed by atoms with Crippen molar-refractivity contribution in [3.8, 4) is 11.5 Å². The monoisotopic (exact) mass is 408 g/mol. The van der Waals surface area contributed by atoms with Crippen LogP contribution in [0.15, 0.2) is 63.9 Å². The SMILES string of the molecule is CSc1ccc(CNC(=O)C2CCN(c3nnc(-c4ccccc4)o3)CC2)cc1. The second kappa shape index (κ2) is 9.13. The van der Waals surface area contributed by atoms with Crippen LogP contribution in [0, 0.1) is 5.92 Å². The number of thioether (sulfide) groups is 1. The van der Waals surface area contributed by atoms with Crippen molar-refractivity contribution in [3.05, 3.63) is 60.2 Å². The fourth-order valence-corrected chi connectivity index (χ4v) is 3.86. The number of hydrogen-bond acceptors (Lipinski definition) is 6. The Bertz CT molecular complexity index is 935. The molecule has 1 aliphatic rings. The Morgan fingerprint density at radius 2 is 1.83 bits per heavy atom. The normalized spacial score (nSPS) is 14.7. The molecular weight excluding hydrogens is 384 g/mol. The van der Waals surface area contributed by atoms with Gasteiger partial charge in [-0.15, -0.1) is 16.9 Å². The van der Waals surface area contributed by atoms with E-state index in [2.05, 4.69) is 50.9 Å². The lowest BCUT2D eigenvalue weighted by molar-refractivity contribution is -0.125. The average molecular weight is 409 g/mol. The minimum atomic E-state index is 0.0215. The van der Waals surface area contributed by atoms with Gasteiger partial charge in [-0.1, -0.05) is 35.4 Å². The minimum Gasteiger partial charge on any atom is -0.403 e. The van der Waals surface area contributed by atoms with E-state index in [-0.39, 0.29) is 11.8 Å². The van der Waals surface area contributed by atoms with Gasteiger partial charge in [-0.05, 0) is 48.9 Å². The maximum Gasteiger partial charge on any atom is 0.318 e. The molecule has 150 valence electrons. The van der Waals surface area contributed by atoms with Crippen LogP contribution in [-0.2, 0) is 11.3 Å². The summed E-state index contributed by atoms with van der Waals surface area (Å²) in [6.45, 7) is 2.03. The third-order valence-electron chi connectivity index (χ3n) is 5.20. The highest BCUT2D eigenvalue weighted by Crippen LogP contribution is 2.26. The summed E-state index contributed by atoms with van der Waals surface area (Å²) >= 11 is 1.71. The van der Waals surface area contributed by atoms with Crippen molar-refractivity contribution in [2.24, 2.45) is 5.92 Å². The van der Waals surface area contributed by atoms with E-state index in [1.807, 2.05) is 30.3 Å². The summed E-state index contributed by atoms with van der Waals surface area (Å²) in [4.78, 5) is 15.8. The second-order valence-corrected chi connectivity index (χ2v) is 7.96. The van der Waals surface area contributed by atoms with Gasteiger partial charge in [-0.2, -0.15) is 0 Å². The van der Waals surface area contributed by atoms with Gasteiger partial charge in [-0.3, -0.25) is 4.79 Å². The number of nitrogens with one attached hydrogen (secondary N) is 1. The molecule has 7 heteroatoms. The molecule has 0 bridgehead atoms. The standard InChI is InChI=1S/C22H24N4O2S/c1-29-19-9-7-16(8-10-19)15-23-20(27)17-11-13-26(14-12-17)22-25-24-21(28-22)18-5-3-2-4-6-18/h2-10,17H,11-15H2,1H3,(H,23,27). The molecule has 29 heavy (non-hydrogen) atoms. The van der Waals surface area contributed by atoms with E-state index in [4.69, 9.17) is 4.42 Å². The summed E-state index contributed by atoms with van der Waals surface area (Å²) in [6.07, 6.45) is 3.61. The van der Waals surface area contributed by atoms with Gasteiger partial charge >= 0.3 is 6.01 Å². The molecule has 1 fully saturated rings. The first-order chi connectivity index (χ1) is 14.2. The highest BCUT2D eigenvalue weighted by atomic mass is 32.2. The topological polar surface area (TPSA) is 71.3 Å². The molecule has 2 aromatic carbocycles. The van der Waals surface area contributed by atoms with Crippen LogP contribution in [0.25, 0.3) is 11.5 Å². The molecule has 1 saturated heterocycles.